The van der Waals surface area contributed by atoms with E-state index < -0.39 is 0 Å². The van der Waals surface area contributed by atoms with Crippen LogP contribution in [0.2, 0.25) is 0 Å². The molecule has 0 atom stereocenters. The zero-order chi connectivity index (χ0) is 9.14. The smallest absolute Gasteiger partial charge is 0.142 e. The molecule has 1 aromatic heterocycles. The van der Waals surface area contributed by atoms with E-state index in [4.69, 9.17) is 14.9 Å². The van der Waals surface area contributed by atoms with Crippen LogP contribution in [0, 0.1) is 0 Å². The summed E-state index contributed by atoms with van der Waals surface area (Å²) < 4.78 is 6.75. The van der Waals surface area contributed by atoms with Crippen molar-refractivity contribution in [3.05, 3.63) is 17.5 Å². The minimum absolute atomic E-state index is 0.0875. The molecule has 0 aromatic carbocycles. The number of hydrogen-bond acceptors (Lipinski definition) is 3. The number of aryl methyl sites for hydroxylation is 1. The lowest BCUT2D eigenvalue weighted by atomic mass is 10.2. The predicted octanol–water partition coefficient (Wildman–Crippen LogP) is 0.0183. The van der Waals surface area contributed by atoms with E-state index in [1.807, 2.05) is 0 Å². The molecule has 0 aliphatic carbocycles. The van der Waals surface area contributed by atoms with Gasteiger partial charge in [-0.05, 0) is 0 Å². The highest BCUT2D eigenvalue weighted by Crippen LogP contribution is 2.23. The van der Waals surface area contributed by atoms with Gasteiger partial charge in [0.2, 0.25) is 0 Å². The Kier molecular flexibility index (Phi) is 2.73. The van der Waals surface area contributed by atoms with Crippen LogP contribution in [0.1, 0.15) is 11.3 Å². The molecule has 0 fully saturated rings. The Balaban J connectivity index is 3.16. The third kappa shape index (κ3) is 1.31. The van der Waals surface area contributed by atoms with Crippen molar-refractivity contribution < 1.29 is 14.9 Å². The lowest BCUT2D eigenvalue weighted by Crippen LogP contribution is -1.98. The van der Waals surface area contributed by atoms with Gasteiger partial charge in [-0.2, -0.15) is 0 Å². The molecule has 0 spiro atoms. The number of aromatic nitrogens is 1. The lowest BCUT2D eigenvalue weighted by molar-refractivity contribution is 0.250. The van der Waals surface area contributed by atoms with Crippen molar-refractivity contribution in [2.24, 2.45) is 7.05 Å². The van der Waals surface area contributed by atoms with Gasteiger partial charge >= 0.3 is 0 Å². The Morgan fingerprint density at radius 1 is 1.42 bits per heavy atom. The van der Waals surface area contributed by atoms with E-state index in [2.05, 4.69) is 0 Å². The molecule has 0 amide bonds. The molecule has 1 heterocycles. The van der Waals surface area contributed by atoms with Crippen molar-refractivity contribution in [1.82, 2.24) is 4.57 Å². The standard InChI is InChI=1S/C8H13NO3/c1-9-3-8(12-2)6(4-10)7(9)5-11/h3,10-11H,4-5H2,1-2H3. The highest BCUT2D eigenvalue weighted by molar-refractivity contribution is 5.37. The van der Waals surface area contributed by atoms with E-state index >= 15 is 0 Å². The van der Waals surface area contributed by atoms with Gasteiger partial charge in [0, 0.05) is 18.8 Å². The Bertz CT molecular complexity index is 268. The van der Waals surface area contributed by atoms with Gasteiger partial charge in [-0.25, -0.2) is 0 Å². The molecule has 12 heavy (non-hydrogen) atoms. The van der Waals surface area contributed by atoms with E-state index in [1.54, 1.807) is 17.8 Å². The third-order valence-corrected chi connectivity index (χ3v) is 1.91. The summed E-state index contributed by atoms with van der Waals surface area (Å²) in [5.74, 6) is 0.615. The van der Waals surface area contributed by atoms with Crippen molar-refractivity contribution >= 4 is 0 Å². The average Bonchev–Trinajstić information content (AvgIpc) is 2.40. The number of hydrogen-bond donors (Lipinski definition) is 2. The maximum atomic E-state index is 8.97. The van der Waals surface area contributed by atoms with E-state index in [1.165, 1.54) is 7.11 Å². The van der Waals surface area contributed by atoms with Crippen LogP contribution in [0.25, 0.3) is 0 Å². The van der Waals surface area contributed by atoms with Crippen LogP contribution in [0.15, 0.2) is 6.20 Å². The van der Waals surface area contributed by atoms with E-state index in [-0.39, 0.29) is 13.2 Å². The lowest BCUT2D eigenvalue weighted by Gasteiger charge is -2.01. The number of methoxy groups -OCH3 is 1. The van der Waals surface area contributed by atoms with Crippen molar-refractivity contribution in [2.75, 3.05) is 7.11 Å². The van der Waals surface area contributed by atoms with Gasteiger partial charge in [0.15, 0.2) is 0 Å². The summed E-state index contributed by atoms with van der Waals surface area (Å²) in [7, 11) is 3.34. The molecule has 1 rings (SSSR count). The minimum atomic E-state index is -0.111. The zero-order valence-electron chi connectivity index (χ0n) is 7.24. The summed E-state index contributed by atoms with van der Waals surface area (Å²) in [6.07, 6.45) is 1.73. The second-order valence-corrected chi connectivity index (χ2v) is 2.55. The summed E-state index contributed by atoms with van der Waals surface area (Å²) in [4.78, 5) is 0. The number of aliphatic hydroxyl groups is 2. The van der Waals surface area contributed by atoms with Crippen molar-refractivity contribution in [3.63, 3.8) is 0 Å². The van der Waals surface area contributed by atoms with Gasteiger partial charge in [0.25, 0.3) is 0 Å². The third-order valence-electron chi connectivity index (χ3n) is 1.91. The molecule has 0 bridgehead atoms. The monoisotopic (exact) mass is 171 g/mol. The summed E-state index contributed by atoms with van der Waals surface area (Å²) >= 11 is 0. The maximum Gasteiger partial charge on any atom is 0.142 e. The van der Waals surface area contributed by atoms with Crippen LogP contribution in [0.3, 0.4) is 0 Å². The van der Waals surface area contributed by atoms with Gasteiger partial charge in [-0.15, -0.1) is 0 Å². The first kappa shape index (κ1) is 9.09. The molecule has 4 nitrogen and oxygen atoms in total. The fourth-order valence-corrected chi connectivity index (χ4v) is 1.24. The second-order valence-electron chi connectivity index (χ2n) is 2.55. The predicted molar refractivity (Wildman–Crippen MR) is 43.8 cm³/mol. The van der Waals surface area contributed by atoms with Gasteiger partial charge in [-0.3, -0.25) is 0 Å². The van der Waals surface area contributed by atoms with E-state index in [0.29, 0.717) is 17.0 Å². The minimum Gasteiger partial charge on any atom is -0.495 e. The molecule has 0 radical (unpaired) electrons. The zero-order valence-corrected chi connectivity index (χ0v) is 7.24. The van der Waals surface area contributed by atoms with Crippen LogP contribution in [0.4, 0.5) is 0 Å². The van der Waals surface area contributed by atoms with Crippen molar-refractivity contribution in [3.8, 4) is 5.75 Å². The number of ether oxygens (including phenoxy) is 1. The number of nitrogens with zero attached hydrogens (tertiary/aromatic N) is 1. The summed E-state index contributed by atoms with van der Waals surface area (Å²) in [6.45, 7) is -0.199. The molecule has 0 aliphatic rings. The van der Waals surface area contributed by atoms with Crippen LogP contribution in [-0.2, 0) is 20.3 Å². The fourth-order valence-electron chi connectivity index (χ4n) is 1.24. The van der Waals surface area contributed by atoms with Crippen molar-refractivity contribution in [2.45, 2.75) is 13.2 Å². The molecule has 68 valence electrons. The Labute approximate surface area is 71.0 Å². The largest absolute Gasteiger partial charge is 0.495 e. The van der Waals surface area contributed by atoms with Gasteiger partial charge in [-0.1, -0.05) is 0 Å². The first-order valence-electron chi connectivity index (χ1n) is 3.67. The van der Waals surface area contributed by atoms with Crippen LogP contribution < -0.4 is 4.74 Å². The second kappa shape index (κ2) is 3.60. The Morgan fingerprint density at radius 3 is 2.50 bits per heavy atom. The maximum absolute atomic E-state index is 8.97. The highest BCUT2D eigenvalue weighted by Gasteiger charge is 2.12. The van der Waals surface area contributed by atoms with Gasteiger partial charge in [0.1, 0.15) is 5.75 Å². The molecule has 0 saturated heterocycles. The molecule has 0 unspecified atom stereocenters. The summed E-state index contributed by atoms with van der Waals surface area (Å²) in [5.41, 5.74) is 1.34. The summed E-state index contributed by atoms with van der Waals surface area (Å²) in [6, 6.07) is 0. The van der Waals surface area contributed by atoms with Gasteiger partial charge < -0.3 is 19.5 Å². The Hall–Kier alpha value is -1.00. The topological polar surface area (TPSA) is 54.6 Å². The van der Waals surface area contributed by atoms with E-state index in [0.717, 1.165) is 0 Å². The Morgan fingerprint density at radius 2 is 2.08 bits per heavy atom. The number of rotatable bonds is 3. The fraction of sp³-hybridized carbons (Fsp3) is 0.500. The first-order chi connectivity index (χ1) is 5.74. The molecule has 1 aromatic rings. The SMILES string of the molecule is COc1cn(C)c(CO)c1CO. The molecular weight excluding hydrogens is 158 g/mol. The molecular formula is C8H13NO3. The number of aliphatic hydroxyl groups excluding tert-OH is 2. The summed E-state index contributed by atoms with van der Waals surface area (Å²) in [5, 5.41) is 17.9. The van der Waals surface area contributed by atoms with E-state index in [9.17, 15) is 0 Å². The molecule has 0 aliphatic heterocycles. The highest BCUT2D eigenvalue weighted by atomic mass is 16.5. The van der Waals surface area contributed by atoms with Crippen molar-refractivity contribution in [1.29, 1.82) is 0 Å². The normalized spacial score (nSPS) is 10.3. The van der Waals surface area contributed by atoms with Crippen LogP contribution in [-0.4, -0.2) is 21.9 Å². The van der Waals surface area contributed by atoms with Crippen LogP contribution in [0.5, 0.6) is 5.75 Å². The average molecular weight is 171 g/mol. The molecule has 0 saturated carbocycles. The quantitative estimate of drug-likeness (QED) is 0.674. The molecule has 4 heteroatoms. The van der Waals surface area contributed by atoms with Crippen LogP contribution >= 0.6 is 0 Å². The van der Waals surface area contributed by atoms with Gasteiger partial charge in [0.05, 0.1) is 26.0 Å². The first-order valence-corrected chi connectivity index (χ1v) is 3.67. The molecule has 2 N–H and O–H groups in total.